The second kappa shape index (κ2) is 6.42. The molecule has 2 aromatic heterocycles. The van der Waals surface area contributed by atoms with E-state index in [0.29, 0.717) is 12.1 Å². The largest absolute Gasteiger partial charge is 0.497 e. The number of benzene rings is 1. The highest BCUT2D eigenvalue weighted by atomic mass is 79.9. The molecular formula is C17H16BrN3O2. The first-order valence-corrected chi connectivity index (χ1v) is 7.92. The van der Waals surface area contributed by atoms with Crippen molar-refractivity contribution in [2.24, 2.45) is 0 Å². The van der Waals surface area contributed by atoms with Gasteiger partial charge < -0.3 is 14.5 Å². The number of methoxy groups -OCH3 is 1. The Kier molecular flexibility index (Phi) is 4.34. The monoisotopic (exact) mass is 373 g/mol. The molecule has 1 amide bonds. The van der Waals surface area contributed by atoms with Crippen molar-refractivity contribution in [3.63, 3.8) is 0 Å². The third kappa shape index (κ3) is 3.37. The normalized spacial score (nSPS) is 10.7. The van der Waals surface area contributed by atoms with E-state index in [1.54, 1.807) is 31.4 Å². The Morgan fingerprint density at radius 2 is 2.04 bits per heavy atom. The molecule has 0 atom stereocenters. The highest BCUT2D eigenvalue weighted by molar-refractivity contribution is 9.10. The fraction of sp³-hybridized carbons (Fsp3) is 0.176. The van der Waals surface area contributed by atoms with Crippen molar-refractivity contribution in [2.45, 2.75) is 13.5 Å². The van der Waals surface area contributed by atoms with Crippen molar-refractivity contribution < 1.29 is 9.53 Å². The maximum absolute atomic E-state index is 12.2. The molecule has 0 saturated carbocycles. The maximum atomic E-state index is 12.2. The van der Waals surface area contributed by atoms with Crippen molar-refractivity contribution in [3.05, 3.63) is 64.0 Å². The minimum atomic E-state index is -0.136. The number of carbonyl (C=O) groups excluding carboxylic acids is 1. The van der Waals surface area contributed by atoms with Crippen LogP contribution in [0, 0.1) is 6.92 Å². The Bertz CT molecular complexity index is 856. The molecule has 23 heavy (non-hydrogen) atoms. The van der Waals surface area contributed by atoms with Crippen LogP contribution in [-0.4, -0.2) is 22.4 Å². The lowest BCUT2D eigenvalue weighted by atomic mass is 10.2. The Balaban J connectivity index is 1.72. The Labute approximate surface area is 142 Å². The number of nitrogens with one attached hydrogen (secondary N) is 1. The smallest absolute Gasteiger partial charge is 0.251 e. The van der Waals surface area contributed by atoms with Crippen LogP contribution in [0.3, 0.4) is 0 Å². The third-order valence-electron chi connectivity index (χ3n) is 3.53. The van der Waals surface area contributed by atoms with Crippen molar-refractivity contribution in [1.82, 2.24) is 14.7 Å². The molecule has 5 nitrogen and oxygen atoms in total. The Hall–Kier alpha value is -2.34. The first-order chi connectivity index (χ1) is 11.1. The molecule has 3 aromatic rings. The number of imidazole rings is 1. The molecule has 0 fully saturated rings. The SMILES string of the molecule is COc1ccc(C(=O)NCc2cn3cc(Br)cc(C)c3n2)cc1. The molecule has 1 N–H and O–H groups in total. The van der Waals surface area contributed by atoms with E-state index in [1.165, 1.54) is 0 Å². The van der Waals surface area contributed by atoms with Gasteiger partial charge >= 0.3 is 0 Å². The molecule has 0 spiro atoms. The van der Waals surface area contributed by atoms with Gasteiger partial charge in [-0.1, -0.05) is 0 Å². The number of rotatable bonds is 4. The summed E-state index contributed by atoms with van der Waals surface area (Å²) in [7, 11) is 1.60. The number of nitrogens with zero attached hydrogens (tertiary/aromatic N) is 2. The zero-order valence-electron chi connectivity index (χ0n) is 12.8. The topological polar surface area (TPSA) is 55.6 Å². The number of amides is 1. The van der Waals surface area contributed by atoms with Gasteiger partial charge in [0.2, 0.25) is 0 Å². The summed E-state index contributed by atoms with van der Waals surface area (Å²) in [5.74, 6) is 0.588. The van der Waals surface area contributed by atoms with Crippen LogP contribution in [0.25, 0.3) is 5.65 Å². The van der Waals surface area contributed by atoms with E-state index in [4.69, 9.17) is 4.74 Å². The maximum Gasteiger partial charge on any atom is 0.251 e. The van der Waals surface area contributed by atoms with Crippen LogP contribution in [0.4, 0.5) is 0 Å². The van der Waals surface area contributed by atoms with Gasteiger partial charge in [0.1, 0.15) is 11.4 Å². The second-order valence-corrected chi connectivity index (χ2v) is 6.13. The number of ether oxygens (including phenoxy) is 1. The van der Waals surface area contributed by atoms with Crippen molar-refractivity contribution >= 4 is 27.5 Å². The molecule has 0 aliphatic carbocycles. The summed E-state index contributed by atoms with van der Waals surface area (Å²) in [4.78, 5) is 16.7. The number of aromatic nitrogens is 2. The van der Waals surface area contributed by atoms with Gasteiger partial charge in [-0.25, -0.2) is 4.98 Å². The minimum absolute atomic E-state index is 0.136. The molecule has 3 rings (SSSR count). The van der Waals surface area contributed by atoms with Gasteiger partial charge in [-0.3, -0.25) is 4.79 Å². The summed E-state index contributed by atoms with van der Waals surface area (Å²) in [6.07, 6.45) is 3.87. The van der Waals surface area contributed by atoms with Gasteiger partial charge in [0.05, 0.1) is 19.3 Å². The molecule has 1 aromatic carbocycles. The summed E-state index contributed by atoms with van der Waals surface area (Å²) < 4.78 is 8.03. The van der Waals surface area contributed by atoms with E-state index in [2.05, 4.69) is 26.2 Å². The molecule has 0 aliphatic heterocycles. The highest BCUT2D eigenvalue weighted by Crippen LogP contribution is 2.17. The predicted octanol–water partition coefficient (Wildman–Crippen LogP) is 3.34. The number of aryl methyl sites for hydroxylation is 1. The fourth-order valence-corrected chi connectivity index (χ4v) is 2.94. The second-order valence-electron chi connectivity index (χ2n) is 5.22. The summed E-state index contributed by atoms with van der Waals surface area (Å²) in [5.41, 5.74) is 3.37. The summed E-state index contributed by atoms with van der Waals surface area (Å²) in [6.45, 7) is 2.39. The Morgan fingerprint density at radius 1 is 1.30 bits per heavy atom. The lowest BCUT2D eigenvalue weighted by molar-refractivity contribution is 0.0950. The van der Waals surface area contributed by atoms with Crippen LogP contribution in [0.5, 0.6) is 5.75 Å². The number of hydrogen-bond acceptors (Lipinski definition) is 3. The average molecular weight is 374 g/mol. The lowest BCUT2D eigenvalue weighted by Gasteiger charge is -2.04. The van der Waals surface area contributed by atoms with E-state index in [1.807, 2.05) is 29.8 Å². The van der Waals surface area contributed by atoms with Crippen molar-refractivity contribution in [2.75, 3.05) is 7.11 Å². The molecule has 0 bridgehead atoms. The van der Waals surface area contributed by atoms with E-state index in [0.717, 1.165) is 27.1 Å². The van der Waals surface area contributed by atoms with E-state index in [-0.39, 0.29) is 5.91 Å². The summed E-state index contributed by atoms with van der Waals surface area (Å²) >= 11 is 3.47. The fourth-order valence-electron chi connectivity index (χ4n) is 2.38. The van der Waals surface area contributed by atoms with Crippen LogP contribution < -0.4 is 10.1 Å². The summed E-state index contributed by atoms with van der Waals surface area (Å²) in [6, 6.07) is 9.02. The van der Waals surface area contributed by atoms with Crippen LogP contribution >= 0.6 is 15.9 Å². The van der Waals surface area contributed by atoms with Gasteiger partial charge in [0.15, 0.2) is 0 Å². The average Bonchev–Trinajstić information content (AvgIpc) is 2.96. The first-order valence-electron chi connectivity index (χ1n) is 7.13. The summed E-state index contributed by atoms with van der Waals surface area (Å²) in [5, 5.41) is 2.88. The van der Waals surface area contributed by atoms with Crippen LogP contribution in [0.1, 0.15) is 21.6 Å². The number of hydrogen-bond donors (Lipinski definition) is 1. The molecule has 0 radical (unpaired) electrons. The van der Waals surface area contributed by atoms with Gasteiger partial charge in [0.25, 0.3) is 5.91 Å². The lowest BCUT2D eigenvalue weighted by Crippen LogP contribution is -2.22. The zero-order valence-corrected chi connectivity index (χ0v) is 14.4. The standard InChI is InChI=1S/C17H16BrN3O2/c1-11-7-13(18)9-21-10-14(20-16(11)21)8-19-17(22)12-3-5-15(23-2)6-4-12/h3-7,9-10H,8H2,1-2H3,(H,19,22). The number of pyridine rings is 1. The molecule has 118 valence electrons. The number of halogens is 1. The van der Waals surface area contributed by atoms with Gasteiger partial charge in [-0.05, 0) is 58.7 Å². The third-order valence-corrected chi connectivity index (χ3v) is 3.97. The van der Waals surface area contributed by atoms with Crippen molar-refractivity contribution in [3.8, 4) is 5.75 Å². The molecule has 0 unspecified atom stereocenters. The van der Waals surface area contributed by atoms with Gasteiger partial charge in [0, 0.05) is 22.4 Å². The van der Waals surface area contributed by atoms with Crippen LogP contribution in [0.15, 0.2) is 47.2 Å². The van der Waals surface area contributed by atoms with Crippen LogP contribution in [0.2, 0.25) is 0 Å². The quantitative estimate of drug-likeness (QED) is 0.762. The Morgan fingerprint density at radius 3 is 2.74 bits per heavy atom. The zero-order chi connectivity index (χ0) is 16.4. The number of fused-ring (bicyclic) bond motifs is 1. The molecule has 6 heteroatoms. The van der Waals surface area contributed by atoms with Crippen molar-refractivity contribution in [1.29, 1.82) is 0 Å². The van der Waals surface area contributed by atoms with E-state index in [9.17, 15) is 4.79 Å². The van der Waals surface area contributed by atoms with Gasteiger partial charge in [-0.15, -0.1) is 0 Å². The first kappa shape index (κ1) is 15.6. The van der Waals surface area contributed by atoms with Gasteiger partial charge in [-0.2, -0.15) is 0 Å². The highest BCUT2D eigenvalue weighted by Gasteiger charge is 2.09. The molecular weight excluding hydrogens is 358 g/mol. The minimum Gasteiger partial charge on any atom is -0.497 e. The van der Waals surface area contributed by atoms with Crippen LogP contribution in [-0.2, 0) is 6.54 Å². The van der Waals surface area contributed by atoms with E-state index >= 15 is 0 Å². The predicted molar refractivity (Wildman–Crippen MR) is 91.8 cm³/mol. The molecule has 0 aliphatic rings. The molecule has 2 heterocycles. The number of carbonyl (C=O) groups is 1. The molecule has 0 saturated heterocycles. The van der Waals surface area contributed by atoms with E-state index < -0.39 is 0 Å².